The lowest BCUT2D eigenvalue weighted by atomic mass is 10.0. The molecule has 2 heterocycles. The average molecular weight is 287 g/mol. The van der Waals surface area contributed by atoms with Crippen LogP contribution in [0.1, 0.15) is 22.5 Å². The van der Waals surface area contributed by atoms with Crippen LogP contribution in [0.25, 0.3) is 0 Å². The maximum Gasteiger partial charge on any atom is 0.287 e. The maximum atomic E-state index is 12.5. The number of aromatic nitrogens is 1. The van der Waals surface area contributed by atoms with E-state index in [9.17, 15) is 20.0 Å². The first-order valence-electron chi connectivity index (χ1n) is 6.53. The molecule has 0 fully saturated rings. The van der Waals surface area contributed by atoms with E-state index < -0.39 is 4.92 Å². The summed E-state index contributed by atoms with van der Waals surface area (Å²) in [6, 6.07) is 6.34. The molecule has 3 rings (SSSR count). The minimum atomic E-state index is -0.561. The van der Waals surface area contributed by atoms with Gasteiger partial charge in [-0.1, -0.05) is 12.1 Å². The topological polar surface area (TPSA) is 99.5 Å². The van der Waals surface area contributed by atoms with E-state index in [0.29, 0.717) is 12.2 Å². The van der Waals surface area contributed by atoms with Crippen LogP contribution in [-0.2, 0) is 6.42 Å². The normalized spacial score (nSPS) is 13.8. The maximum absolute atomic E-state index is 12.5. The van der Waals surface area contributed by atoms with Crippen molar-refractivity contribution in [3.05, 3.63) is 51.8 Å². The van der Waals surface area contributed by atoms with E-state index in [0.717, 1.165) is 18.4 Å². The average Bonchev–Trinajstić information content (AvgIpc) is 2.96. The smallest absolute Gasteiger partial charge is 0.287 e. The van der Waals surface area contributed by atoms with Crippen molar-refractivity contribution >= 4 is 17.3 Å². The van der Waals surface area contributed by atoms with Crippen molar-refractivity contribution in [3.63, 3.8) is 0 Å². The number of aromatic amines is 1. The second kappa shape index (κ2) is 4.93. The summed E-state index contributed by atoms with van der Waals surface area (Å²) in [5.41, 5.74) is 1.37. The molecule has 0 spiro atoms. The lowest BCUT2D eigenvalue weighted by Gasteiger charge is -2.29. The summed E-state index contributed by atoms with van der Waals surface area (Å²) in [5.74, 6) is -0.341. The number of benzene rings is 1. The first-order chi connectivity index (χ1) is 10.1. The van der Waals surface area contributed by atoms with E-state index in [1.807, 2.05) is 6.07 Å². The van der Waals surface area contributed by atoms with Gasteiger partial charge in [0.05, 0.1) is 16.8 Å². The summed E-state index contributed by atoms with van der Waals surface area (Å²) in [6.07, 6.45) is 2.76. The zero-order valence-corrected chi connectivity index (χ0v) is 11.1. The Hall–Kier alpha value is -2.83. The van der Waals surface area contributed by atoms with E-state index in [1.165, 1.54) is 23.2 Å². The van der Waals surface area contributed by atoms with Gasteiger partial charge >= 0.3 is 0 Å². The fourth-order valence-electron chi connectivity index (χ4n) is 2.59. The highest BCUT2D eigenvalue weighted by Gasteiger charge is 2.27. The molecule has 7 heteroatoms. The largest absolute Gasteiger partial charge is 0.506 e. The molecule has 1 aromatic heterocycles. The second-order valence-corrected chi connectivity index (χ2v) is 4.87. The van der Waals surface area contributed by atoms with Crippen LogP contribution in [0, 0.1) is 10.1 Å². The van der Waals surface area contributed by atoms with Crippen LogP contribution in [0.4, 0.5) is 11.4 Å². The standard InChI is InChI=1S/C14H13N3O4/c18-12-5-1-3-9-4-2-6-16(13(9)12)14(19)11-7-10(8-15-11)17(20)21/h1,3,5,7-8,15,18H,2,4,6H2. The van der Waals surface area contributed by atoms with Crippen LogP contribution < -0.4 is 4.90 Å². The molecule has 0 aliphatic carbocycles. The van der Waals surface area contributed by atoms with Crippen LogP contribution in [0.15, 0.2) is 30.5 Å². The van der Waals surface area contributed by atoms with Gasteiger partial charge in [0, 0.05) is 12.6 Å². The predicted molar refractivity (Wildman–Crippen MR) is 75.6 cm³/mol. The van der Waals surface area contributed by atoms with Crippen LogP contribution in [0.5, 0.6) is 5.75 Å². The van der Waals surface area contributed by atoms with E-state index in [4.69, 9.17) is 0 Å². The number of aryl methyl sites for hydroxylation is 1. The van der Waals surface area contributed by atoms with Crippen molar-refractivity contribution in [1.29, 1.82) is 0 Å². The van der Waals surface area contributed by atoms with Gasteiger partial charge in [0.15, 0.2) is 0 Å². The quantitative estimate of drug-likeness (QED) is 0.653. The zero-order valence-electron chi connectivity index (χ0n) is 11.1. The van der Waals surface area contributed by atoms with Crippen molar-refractivity contribution < 1.29 is 14.8 Å². The molecule has 0 saturated carbocycles. The van der Waals surface area contributed by atoms with Gasteiger partial charge in [-0.15, -0.1) is 0 Å². The number of hydrogen-bond donors (Lipinski definition) is 2. The van der Waals surface area contributed by atoms with E-state index >= 15 is 0 Å². The van der Waals surface area contributed by atoms with Gasteiger partial charge in [0.2, 0.25) is 0 Å². The predicted octanol–water partition coefficient (Wildman–Crippen LogP) is 2.22. The Morgan fingerprint density at radius 3 is 2.95 bits per heavy atom. The molecule has 21 heavy (non-hydrogen) atoms. The third kappa shape index (κ3) is 2.22. The lowest BCUT2D eigenvalue weighted by molar-refractivity contribution is -0.384. The zero-order chi connectivity index (χ0) is 15.0. The van der Waals surface area contributed by atoms with Crippen molar-refractivity contribution in [1.82, 2.24) is 4.98 Å². The Labute approximate surface area is 120 Å². The van der Waals surface area contributed by atoms with Gasteiger partial charge in [-0.05, 0) is 24.5 Å². The Bertz CT molecular complexity index is 723. The molecule has 1 aliphatic heterocycles. The number of rotatable bonds is 2. The summed E-state index contributed by atoms with van der Waals surface area (Å²) in [7, 11) is 0. The molecule has 0 bridgehead atoms. The number of nitrogens with zero attached hydrogens (tertiary/aromatic N) is 2. The Morgan fingerprint density at radius 2 is 2.24 bits per heavy atom. The van der Waals surface area contributed by atoms with Gasteiger partial charge in [0.25, 0.3) is 11.6 Å². The summed E-state index contributed by atoms with van der Waals surface area (Å²) >= 11 is 0. The summed E-state index contributed by atoms with van der Waals surface area (Å²) in [5, 5.41) is 20.7. The van der Waals surface area contributed by atoms with E-state index in [2.05, 4.69) is 4.98 Å². The number of carbonyl (C=O) groups excluding carboxylic acids is 1. The number of phenols is 1. The number of carbonyl (C=O) groups is 1. The highest BCUT2D eigenvalue weighted by Crippen LogP contribution is 2.36. The number of fused-ring (bicyclic) bond motifs is 1. The molecule has 7 nitrogen and oxygen atoms in total. The summed E-state index contributed by atoms with van der Waals surface area (Å²) in [6.45, 7) is 0.468. The van der Waals surface area contributed by atoms with Crippen molar-refractivity contribution in [2.75, 3.05) is 11.4 Å². The third-order valence-corrected chi connectivity index (χ3v) is 3.55. The highest BCUT2D eigenvalue weighted by molar-refractivity contribution is 6.06. The van der Waals surface area contributed by atoms with Gasteiger partial charge in [-0.2, -0.15) is 0 Å². The fraction of sp³-hybridized carbons (Fsp3) is 0.214. The van der Waals surface area contributed by atoms with Crippen molar-refractivity contribution in [2.45, 2.75) is 12.8 Å². The molecule has 0 unspecified atom stereocenters. The number of aromatic hydroxyl groups is 1. The van der Waals surface area contributed by atoms with Crippen LogP contribution in [-0.4, -0.2) is 27.5 Å². The second-order valence-electron chi connectivity index (χ2n) is 4.87. The Balaban J connectivity index is 1.98. The molecule has 0 atom stereocenters. The van der Waals surface area contributed by atoms with Gasteiger partial charge in [0.1, 0.15) is 11.4 Å². The van der Waals surface area contributed by atoms with Crippen LogP contribution >= 0.6 is 0 Å². The molecule has 2 aromatic rings. The first-order valence-corrected chi connectivity index (χ1v) is 6.53. The summed E-state index contributed by atoms with van der Waals surface area (Å²) in [4.78, 5) is 26.7. The third-order valence-electron chi connectivity index (χ3n) is 3.55. The molecule has 1 amide bonds. The molecule has 1 aromatic carbocycles. The molecular weight excluding hydrogens is 274 g/mol. The van der Waals surface area contributed by atoms with Crippen LogP contribution in [0.3, 0.4) is 0 Å². The van der Waals surface area contributed by atoms with Gasteiger partial charge < -0.3 is 15.0 Å². The fourth-order valence-corrected chi connectivity index (χ4v) is 2.59. The van der Waals surface area contributed by atoms with E-state index in [-0.39, 0.29) is 23.0 Å². The van der Waals surface area contributed by atoms with Gasteiger partial charge in [-0.25, -0.2) is 0 Å². The lowest BCUT2D eigenvalue weighted by Crippen LogP contribution is -2.35. The van der Waals surface area contributed by atoms with Gasteiger partial charge in [-0.3, -0.25) is 14.9 Å². The number of nitro groups is 1. The summed E-state index contributed by atoms with van der Waals surface area (Å²) < 4.78 is 0. The monoisotopic (exact) mass is 287 g/mol. The van der Waals surface area contributed by atoms with Crippen molar-refractivity contribution in [3.8, 4) is 5.75 Å². The number of phenolic OH excluding ortho intramolecular Hbond substituents is 1. The number of nitrogens with one attached hydrogen (secondary N) is 1. The molecule has 1 aliphatic rings. The minimum absolute atomic E-state index is 0.0432. The molecule has 2 N–H and O–H groups in total. The van der Waals surface area contributed by atoms with Crippen LogP contribution in [0.2, 0.25) is 0 Å². The highest BCUT2D eigenvalue weighted by atomic mass is 16.6. The minimum Gasteiger partial charge on any atom is -0.506 e. The number of para-hydroxylation sites is 1. The number of anilines is 1. The molecule has 0 radical (unpaired) electrons. The SMILES string of the molecule is O=C(c1cc([N+](=O)[O-])c[nH]1)N1CCCc2cccc(O)c21. The van der Waals surface area contributed by atoms with Crippen molar-refractivity contribution in [2.24, 2.45) is 0 Å². The Morgan fingerprint density at radius 1 is 1.43 bits per heavy atom. The number of H-pyrrole nitrogens is 1. The molecular formula is C14H13N3O4. The Kier molecular flexibility index (Phi) is 3.09. The molecule has 0 saturated heterocycles. The number of hydrogen-bond acceptors (Lipinski definition) is 4. The first kappa shape index (κ1) is 13.2. The number of amides is 1. The van der Waals surface area contributed by atoms with E-state index in [1.54, 1.807) is 6.07 Å². The molecule has 108 valence electrons.